The number of hydrogen-bond donors (Lipinski definition) is 1. The van der Waals surface area contributed by atoms with E-state index in [-0.39, 0.29) is 0 Å². The fraction of sp³-hybridized carbons (Fsp3) is 0.933. The predicted molar refractivity (Wildman–Crippen MR) is 78.5 cm³/mol. The van der Waals surface area contributed by atoms with Gasteiger partial charge in [0.15, 0.2) is 0 Å². The Morgan fingerprint density at radius 1 is 1.22 bits per heavy atom. The third kappa shape index (κ3) is 6.98. The molecule has 0 aromatic heterocycles. The van der Waals surface area contributed by atoms with E-state index in [0.717, 1.165) is 26.1 Å². The van der Waals surface area contributed by atoms with Crippen LogP contribution in [0.4, 0.5) is 0 Å². The molecule has 1 atom stereocenters. The molecule has 18 heavy (non-hydrogen) atoms. The first kappa shape index (κ1) is 17.4. The van der Waals surface area contributed by atoms with Gasteiger partial charge in [-0.2, -0.15) is 5.26 Å². The van der Waals surface area contributed by atoms with Gasteiger partial charge in [-0.15, -0.1) is 0 Å². The van der Waals surface area contributed by atoms with Crippen molar-refractivity contribution in [2.45, 2.75) is 71.9 Å². The van der Waals surface area contributed by atoms with E-state index in [1.54, 1.807) is 0 Å². The van der Waals surface area contributed by atoms with Crippen LogP contribution in [0.1, 0.15) is 60.3 Å². The Hall–Kier alpha value is -0.590. The fourth-order valence-corrected chi connectivity index (χ4v) is 2.02. The molecule has 0 spiro atoms. The second-order valence-corrected chi connectivity index (χ2v) is 5.64. The van der Waals surface area contributed by atoms with Gasteiger partial charge in [-0.3, -0.25) is 10.2 Å². The molecule has 1 N–H and O–H groups in total. The molecule has 0 aliphatic carbocycles. The third-order valence-electron chi connectivity index (χ3n) is 3.31. The lowest BCUT2D eigenvalue weighted by Gasteiger charge is -2.34. The molecule has 0 heterocycles. The highest BCUT2D eigenvalue weighted by Crippen LogP contribution is 2.11. The van der Waals surface area contributed by atoms with Crippen LogP contribution in [0, 0.1) is 11.3 Å². The van der Waals surface area contributed by atoms with Crippen molar-refractivity contribution in [2.24, 2.45) is 0 Å². The van der Waals surface area contributed by atoms with E-state index in [1.807, 2.05) is 6.92 Å². The summed E-state index contributed by atoms with van der Waals surface area (Å²) in [5, 5.41) is 12.7. The maximum atomic E-state index is 9.38. The zero-order valence-corrected chi connectivity index (χ0v) is 12.9. The summed E-state index contributed by atoms with van der Waals surface area (Å²) in [5.41, 5.74) is -0.424. The second kappa shape index (κ2) is 9.35. The Labute approximate surface area is 114 Å². The fourth-order valence-electron chi connectivity index (χ4n) is 2.02. The number of nitrogens with one attached hydrogen (secondary N) is 1. The molecule has 0 aliphatic rings. The molecule has 0 aromatic carbocycles. The average molecular weight is 253 g/mol. The van der Waals surface area contributed by atoms with Crippen molar-refractivity contribution in [2.75, 3.05) is 19.6 Å². The molecule has 0 amide bonds. The summed E-state index contributed by atoms with van der Waals surface area (Å²) in [6.45, 7) is 13.6. The highest BCUT2D eigenvalue weighted by atomic mass is 15.2. The van der Waals surface area contributed by atoms with Crippen LogP contribution in [0.5, 0.6) is 0 Å². The van der Waals surface area contributed by atoms with Crippen LogP contribution in [0.2, 0.25) is 0 Å². The molecule has 0 fully saturated rings. The molecule has 0 aromatic rings. The van der Waals surface area contributed by atoms with E-state index in [0.29, 0.717) is 6.04 Å². The SMILES string of the molecule is CCCCCN(CC(C)(C#N)NCCC)C(C)C. The van der Waals surface area contributed by atoms with Crippen molar-refractivity contribution in [1.82, 2.24) is 10.2 Å². The van der Waals surface area contributed by atoms with Gasteiger partial charge in [0.2, 0.25) is 0 Å². The standard InChI is InChI=1S/C15H31N3/c1-6-8-9-11-18(14(3)4)13-15(5,12-16)17-10-7-2/h14,17H,6-11,13H2,1-5H3. The van der Waals surface area contributed by atoms with Crippen molar-refractivity contribution in [1.29, 1.82) is 5.26 Å². The summed E-state index contributed by atoms with van der Waals surface area (Å²) in [6, 6.07) is 2.93. The molecule has 3 nitrogen and oxygen atoms in total. The van der Waals surface area contributed by atoms with Gasteiger partial charge < -0.3 is 0 Å². The normalized spacial score (nSPS) is 14.8. The molecule has 0 aliphatic heterocycles. The van der Waals surface area contributed by atoms with Gasteiger partial charge >= 0.3 is 0 Å². The van der Waals surface area contributed by atoms with Gasteiger partial charge in [-0.05, 0) is 46.7 Å². The molecule has 0 radical (unpaired) electrons. The van der Waals surface area contributed by atoms with Crippen LogP contribution in [0.3, 0.4) is 0 Å². The monoisotopic (exact) mass is 253 g/mol. The number of nitrogens with zero attached hydrogens (tertiary/aromatic N) is 2. The first-order valence-electron chi connectivity index (χ1n) is 7.39. The summed E-state index contributed by atoms with van der Waals surface area (Å²) < 4.78 is 0. The summed E-state index contributed by atoms with van der Waals surface area (Å²) in [6.07, 6.45) is 4.81. The minimum Gasteiger partial charge on any atom is -0.299 e. The summed E-state index contributed by atoms with van der Waals surface area (Å²) >= 11 is 0. The Kier molecular flexibility index (Phi) is 9.05. The van der Waals surface area contributed by atoms with Crippen molar-refractivity contribution in [3.05, 3.63) is 0 Å². The number of hydrogen-bond acceptors (Lipinski definition) is 3. The Morgan fingerprint density at radius 2 is 1.89 bits per heavy atom. The molecule has 0 bridgehead atoms. The van der Waals surface area contributed by atoms with Crippen LogP contribution in [0.15, 0.2) is 0 Å². The van der Waals surface area contributed by atoms with Gasteiger partial charge in [0.25, 0.3) is 0 Å². The zero-order valence-electron chi connectivity index (χ0n) is 12.9. The van der Waals surface area contributed by atoms with Crippen molar-refractivity contribution < 1.29 is 0 Å². The van der Waals surface area contributed by atoms with Crippen LogP contribution >= 0.6 is 0 Å². The highest BCUT2D eigenvalue weighted by Gasteiger charge is 2.26. The largest absolute Gasteiger partial charge is 0.299 e. The molecule has 106 valence electrons. The van der Waals surface area contributed by atoms with Crippen LogP contribution in [0.25, 0.3) is 0 Å². The van der Waals surface area contributed by atoms with E-state index in [1.165, 1.54) is 19.3 Å². The molecular weight excluding hydrogens is 222 g/mol. The molecule has 0 saturated carbocycles. The maximum absolute atomic E-state index is 9.38. The van der Waals surface area contributed by atoms with E-state index in [9.17, 15) is 5.26 Å². The van der Waals surface area contributed by atoms with Gasteiger partial charge in [0, 0.05) is 12.6 Å². The summed E-state index contributed by atoms with van der Waals surface area (Å²) in [7, 11) is 0. The smallest absolute Gasteiger partial charge is 0.116 e. The van der Waals surface area contributed by atoms with E-state index in [4.69, 9.17) is 0 Å². The lowest BCUT2D eigenvalue weighted by Crippen LogP contribution is -2.52. The first-order valence-corrected chi connectivity index (χ1v) is 7.39. The van der Waals surface area contributed by atoms with E-state index in [2.05, 4.69) is 44.0 Å². The minimum absolute atomic E-state index is 0.424. The Bertz CT molecular complexity index is 245. The van der Waals surface area contributed by atoms with Crippen LogP contribution in [-0.4, -0.2) is 36.1 Å². The Morgan fingerprint density at radius 3 is 2.33 bits per heavy atom. The average Bonchev–Trinajstić information content (AvgIpc) is 2.35. The van der Waals surface area contributed by atoms with Crippen LogP contribution in [-0.2, 0) is 0 Å². The van der Waals surface area contributed by atoms with Gasteiger partial charge in [0.05, 0.1) is 6.07 Å². The predicted octanol–water partition coefficient (Wildman–Crippen LogP) is 3.17. The summed E-state index contributed by atoms with van der Waals surface area (Å²) in [4.78, 5) is 2.42. The number of nitriles is 1. The van der Waals surface area contributed by atoms with E-state index >= 15 is 0 Å². The lowest BCUT2D eigenvalue weighted by molar-refractivity contribution is 0.176. The quantitative estimate of drug-likeness (QED) is 0.608. The molecular formula is C15H31N3. The maximum Gasteiger partial charge on any atom is 0.116 e. The van der Waals surface area contributed by atoms with Gasteiger partial charge in [-0.1, -0.05) is 26.7 Å². The van der Waals surface area contributed by atoms with Crippen LogP contribution < -0.4 is 5.32 Å². The van der Waals surface area contributed by atoms with Crippen molar-refractivity contribution in [3.63, 3.8) is 0 Å². The lowest BCUT2D eigenvalue weighted by atomic mass is 10.0. The number of rotatable bonds is 10. The van der Waals surface area contributed by atoms with Crippen molar-refractivity contribution in [3.8, 4) is 6.07 Å². The van der Waals surface area contributed by atoms with E-state index < -0.39 is 5.54 Å². The first-order chi connectivity index (χ1) is 8.49. The third-order valence-corrected chi connectivity index (χ3v) is 3.31. The Balaban J connectivity index is 4.39. The zero-order chi connectivity index (χ0) is 14.0. The molecule has 1 unspecified atom stereocenters. The minimum atomic E-state index is -0.424. The molecule has 0 saturated heterocycles. The topological polar surface area (TPSA) is 39.1 Å². The van der Waals surface area contributed by atoms with Gasteiger partial charge in [0.1, 0.15) is 5.54 Å². The van der Waals surface area contributed by atoms with Crippen molar-refractivity contribution >= 4 is 0 Å². The van der Waals surface area contributed by atoms with Gasteiger partial charge in [-0.25, -0.2) is 0 Å². The number of unbranched alkanes of at least 4 members (excludes halogenated alkanes) is 2. The second-order valence-electron chi connectivity index (χ2n) is 5.64. The summed E-state index contributed by atoms with van der Waals surface area (Å²) in [5.74, 6) is 0. The molecule has 0 rings (SSSR count). The highest BCUT2D eigenvalue weighted by molar-refractivity contribution is 5.06. The molecule has 3 heteroatoms.